The summed E-state index contributed by atoms with van der Waals surface area (Å²) in [4.78, 5) is 18.4. The molecule has 4 rings (SSSR count). The molecule has 160 valence electrons. The highest BCUT2D eigenvalue weighted by Crippen LogP contribution is 2.33. The van der Waals surface area contributed by atoms with E-state index >= 15 is 0 Å². The summed E-state index contributed by atoms with van der Waals surface area (Å²) in [6.07, 6.45) is 1.88. The minimum atomic E-state index is -0.919. The Morgan fingerprint density at radius 1 is 1.32 bits per heavy atom. The second-order valence-corrected chi connectivity index (χ2v) is 7.43. The van der Waals surface area contributed by atoms with Crippen molar-refractivity contribution in [2.24, 2.45) is 0 Å². The second-order valence-electron chi connectivity index (χ2n) is 7.43. The maximum Gasteiger partial charge on any atom is 0.303 e. The van der Waals surface area contributed by atoms with Gasteiger partial charge in [-0.2, -0.15) is 4.98 Å². The molecule has 0 aliphatic rings. The number of H-pyrrole nitrogens is 1. The van der Waals surface area contributed by atoms with E-state index in [1.165, 1.54) is 12.1 Å². The van der Waals surface area contributed by atoms with Crippen LogP contribution in [0.25, 0.3) is 33.7 Å². The first kappa shape index (κ1) is 20.4. The summed E-state index contributed by atoms with van der Waals surface area (Å²) in [5.74, 6) is -0.409. The summed E-state index contributed by atoms with van der Waals surface area (Å²) in [5, 5.41) is 13.5. The number of ether oxygens (including phenoxy) is 1. The lowest BCUT2D eigenvalue weighted by Gasteiger charge is -2.12. The smallest absolute Gasteiger partial charge is 0.303 e. The third-order valence-corrected chi connectivity index (χ3v) is 4.73. The van der Waals surface area contributed by atoms with Gasteiger partial charge < -0.3 is 25.1 Å². The SMILES string of the molecule is CC(C)Oc1ccc(-c2nc(-c3cc(F)cc4c(CCC(=O)O)c[nH]c34)no2)cc1N. The molecule has 8 nitrogen and oxygen atoms in total. The largest absolute Gasteiger partial charge is 0.489 e. The summed E-state index contributed by atoms with van der Waals surface area (Å²) >= 11 is 0. The van der Waals surface area contributed by atoms with Crippen molar-refractivity contribution < 1.29 is 23.6 Å². The van der Waals surface area contributed by atoms with Crippen molar-refractivity contribution in [1.29, 1.82) is 0 Å². The number of benzene rings is 2. The summed E-state index contributed by atoms with van der Waals surface area (Å²) in [6, 6.07) is 7.83. The fourth-order valence-electron chi connectivity index (χ4n) is 3.37. The van der Waals surface area contributed by atoms with E-state index < -0.39 is 11.8 Å². The summed E-state index contributed by atoms with van der Waals surface area (Å²) in [6.45, 7) is 3.82. The van der Waals surface area contributed by atoms with Crippen LogP contribution in [0.3, 0.4) is 0 Å². The van der Waals surface area contributed by atoms with Gasteiger partial charge in [-0.25, -0.2) is 4.39 Å². The first-order valence-corrected chi connectivity index (χ1v) is 9.73. The molecule has 9 heteroatoms. The van der Waals surface area contributed by atoms with Crippen molar-refractivity contribution >= 4 is 22.6 Å². The predicted molar refractivity (Wildman–Crippen MR) is 113 cm³/mol. The molecule has 0 radical (unpaired) electrons. The van der Waals surface area contributed by atoms with Gasteiger partial charge in [-0.15, -0.1) is 0 Å². The number of nitrogen functional groups attached to an aromatic ring is 1. The van der Waals surface area contributed by atoms with Crippen LogP contribution in [-0.2, 0) is 11.2 Å². The van der Waals surface area contributed by atoms with E-state index in [1.54, 1.807) is 24.4 Å². The van der Waals surface area contributed by atoms with E-state index in [1.807, 2.05) is 13.8 Å². The topological polar surface area (TPSA) is 127 Å². The van der Waals surface area contributed by atoms with Gasteiger partial charge in [-0.05, 0) is 56.2 Å². The average molecular weight is 424 g/mol. The van der Waals surface area contributed by atoms with Crippen molar-refractivity contribution in [2.75, 3.05) is 5.73 Å². The van der Waals surface area contributed by atoms with Gasteiger partial charge in [0.15, 0.2) is 0 Å². The molecule has 0 saturated heterocycles. The number of hydrogen-bond acceptors (Lipinski definition) is 6. The Kier molecular flexibility index (Phi) is 5.33. The Morgan fingerprint density at radius 2 is 2.13 bits per heavy atom. The fourth-order valence-corrected chi connectivity index (χ4v) is 3.37. The fraction of sp³-hybridized carbons (Fsp3) is 0.227. The Morgan fingerprint density at radius 3 is 2.84 bits per heavy atom. The van der Waals surface area contributed by atoms with Crippen LogP contribution in [0.2, 0.25) is 0 Å². The van der Waals surface area contributed by atoms with Crippen LogP contribution in [0.4, 0.5) is 10.1 Å². The molecule has 4 aromatic rings. The van der Waals surface area contributed by atoms with E-state index in [0.29, 0.717) is 39.0 Å². The van der Waals surface area contributed by atoms with Gasteiger partial charge in [0.2, 0.25) is 5.82 Å². The van der Waals surface area contributed by atoms with E-state index in [9.17, 15) is 9.18 Å². The van der Waals surface area contributed by atoms with Gasteiger partial charge in [-0.3, -0.25) is 4.79 Å². The molecule has 0 fully saturated rings. The Labute approximate surface area is 176 Å². The van der Waals surface area contributed by atoms with E-state index in [4.69, 9.17) is 20.1 Å². The maximum absolute atomic E-state index is 14.3. The highest BCUT2D eigenvalue weighted by atomic mass is 19.1. The third-order valence-electron chi connectivity index (χ3n) is 4.73. The second kappa shape index (κ2) is 8.10. The van der Waals surface area contributed by atoms with Crippen LogP contribution in [0.15, 0.2) is 41.1 Å². The van der Waals surface area contributed by atoms with Crippen molar-refractivity contribution in [1.82, 2.24) is 15.1 Å². The van der Waals surface area contributed by atoms with Crippen LogP contribution in [0.1, 0.15) is 25.8 Å². The standard InChI is InChI=1S/C22H21FN4O4/c1-11(2)30-18-5-3-12(7-17(18)24)22-26-21(27-31-22)16-9-14(23)8-15-13(4-6-19(28)29)10-25-20(15)16/h3,5,7-11,25H,4,6,24H2,1-2H3,(H,28,29). The number of aryl methyl sites for hydroxylation is 1. The van der Waals surface area contributed by atoms with E-state index in [2.05, 4.69) is 15.1 Å². The molecule has 0 bridgehead atoms. The zero-order valence-electron chi connectivity index (χ0n) is 17.0. The highest BCUT2D eigenvalue weighted by Gasteiger charge is 2.18. The van der Waals surface area contributed by atoms with Crippen molar-refractivity contribution in [2.45, 2.75) is 32.8 Å². The molecule has 2 aromatic heterocycles. The number of nitrogens with zero attached hydrogens (tertiary/aromatic N) is 2. The van der Waals surface area contributed by atoms with Gasteiger partial charge in [0.05, 0.1) is 17.3 Å². The number of carboxylic acids is 1. The van der Waals surface area contributed by atoms with Crippen LogP contribution in [0, 0.1) is 5.82 Å². The van der Waals surface area contributed by atoms with Gasteiger partial charge in [0, 0.05) is 29.1 Å². The number of carbonyl (C=O) groups is 1. The van der Waals surface area contributed by atoms with Crippen LogP contribution in [0.5, 0.6) is 5.75 Å². The summed E-state index contributed by atoms with van der Waals surface area (Å²) < 4.78 is 25.3. The zero-order valence-corrected chi connectivity index (χ0v) is 17.0. The van der Waals surface area contributed by atoms with Gasteiger partial charge in [0.1, 0.15) is 11.6 Å². The van der Waals surface area contributed by atoms with Gasteiger partial charge >= 0.3 is 5.97 Å². The van der Waals surface area contributed by atoms with Crippen LogP contribution >= 0.6 is 0 Å². The molecule has 31 heavy (non-hydrogen) atoms. The Balaban J connectivity index is 1.69. The minimum Gasteiger partial charge on any atom is -0.489 e. The summed E-state index contributed by atoms with van der Waals surface area (Å²) in [5.41, 5.74) is 8.83. The molecular formula is C22H21FN4O4. The van der Waals surface area contributed by atoms with Gasteiger partial charge in [-0.1, -0.05) is 5.16 Å². The van der Waals surface area contributed by atoms with Crippen LogP contribution < -0.4 is 10.5 Å². The Bertz CT molecular complexity index is 1260. The number of anilines is 1. The van der Waals surface area contributed by atoms with Crippen molar-refractivity contribution in [3.05, 3.63) is 47.9 Å². The first-order valence-electron chi connectivity index (χ1n) is 9.73. The molecule has 0 amide bonds. The van der Waals surface area contributed by atoms with Crippen LogP contribution in [-0.4, -0.2) is 32.3 Å². The molecule has 2 aromatic carbocycles. The molecular weight excluding hydrogens is 403 g/mol. The number of nitrogens with one attached hydrogen (secondary N) is 1. The highest BCUT2D eigenvalue weighted by molar-refractivity contribution is 5.95. The predicted octanol–water partition coefficient (Wildman–Crippen LogP) is 4.41. The lowest BCUT2D eigenvalue weighted by molar-refractivity contribution is -0.136. The average Bonchev–Trinajstić information content (AvgIpc) is 3.34. The molecule has 0 unspecified atom stereocenters. The number of aromatic nitrogens is 3. The maximum atomic E-state index is 14.3. The van der Waals surface area contributed by atoms with Crippen molar-refractivity contribution in [3.8, 4) is 28.6 Å². The number of fused-ring (bicyclic) bond motifs is 1. The molecule has 4 N–H and O–H groups in total. The Hall–Kier alpha value is -3.88. The lowest BCUT2D eigenvalue weighted by atomic mass is 10.0. The zero-order chi connectivity index (χ0) is 22.1. The number of carboxylic acid groups (broad SMARTS) is 1. The van der Waals surface area contributed by atoms with Crippen molar-refractivity contribution in [3.63, 3.8) is 0 Å². The monoisotopic (exact) mass is 424 g/mol. The molecule has 2 heterocycles. The number of halogens is 1. The molecule has 0 spiro atoms. The molecule has 0 aliphatic carbocycles. The number of nitrogens with two attached hydrogens (primary N) is 1. The number of hydrogen-bond donors (Lipinski definition) is 3. The number of aromatic amines is 1. The number of rotatable bonds is 7. The molecule has 0 atom stereocenters. The summed E-state index contributed by atoms with van der Waals surface area (Å²) in [7, 11) is 0. The van der Waals surface area contributed by atoms with E-state index in [0.717, 1.165) is 0 Å². The lowest BCUT2D eigenvalue weighted by Crippen LogP contribution is -2.07. The quantitative estimate of drug-likeness (QED) is 0.375. The number of aliphatic carboxylic acids is 1. The third kappa shape index (κ3) is 4.20. The minimum absolute atomic E-state index is 0.0141. The van der Waals surface area contributed by atoms with Gasteiger partial charge in [0.25, 0.3) is 5.89 Å². The van der Waals surface area contributed by atoms with E-state index in [-0.39, 0.29) is 30.7 Å². The molecule has 0 aliphatic heterocycles. The molecule has 0 saturated carbocycles. The first-order chi connectivity index (χ1) is 14.8. The normalized spacial score (nSPS) is 11.4.